The number of ether oxygens (including phenoxy) is 1. The fourth-order valence-corrected chi connectivity index (χ4v) is 6.33. The van der Waals surface area contributed by atoms with Crippen molar-refractivity contribution in [3.05, 3.63) is 53.6 Å². The lowest BCUT2D eigenvalue weighted by molar-refractivity contribution is 0.102. The van der Waals surface area contributed by atoms with Crippen LogP contribution in [0.5, 0.6) is 5.75 Å². The van der Waals surface area contributed by atoms with Crippen LogP contribution in [0, 0.1) is 11.7 Å². The lowest BCUT2D eigenvalue weighted by Gasteiger charge is -2.40. The second-order valence-electron chi connectivity index (χ2n) is 9.14. The summed E-state index contributed by atoms with van der Waals surface area (Å²) in [5.74, 6) is -0.680. The number of carbonyl (C=O) groups excluding carboxylic acids is 1. The Kier molecular flexibility index (Phi) is 5.68. The van der Waals surface area contributed by atoms with Crippen LogP contribution in [0.1, 0.15) is 49.2 Å². The molecule has 1 aliphatic heterocycles. The van der Waals surface area contributed by atoms with Crippen molar-refractivity contribution in [3.8, 4) is 5.75 Å². The maximum absolute atomic E-state index is 14.9. The van der Waals surface area contributed by atoms with Crippen LogP contribution < -0.4 is 15.8 Å². The summed E-state index contributed by atoms with van der Waals surface area (Å²) in [6, 6.07) is 7.06. The van der Waals surface area contributed by atoms with Crippen molar-refractivity contribution in [2.75, 3.05) is 18.2 Å². The number of amides is 1. The van der Waals surface area contributed by atoms with E-state index in [4.69, 9.17) is 10.5 Å². The van der Waals surface area contributed by atoms with E-state index >= 15 is 0 Å². The van der Waals surface area contributed by atoms with E-state index in [0.29, 0.717) is 18.1 Å². The number of carbonyl (C=O) groups is 1. The SMILES string of the molecule is COc1ccc(C(=O)Nc2ccc(F)c([C@]3(C)CS(=O)(=O)[C@](C)(CC4CC4)C(N)=N3)c2)nc1. The monoisotopic (exact) mass is 474 g/mol. The summed E-state index contributed by atoms with van der Waals surface area (Å²) in [5, 5.41) is 2.66. The van der Waals surface area contributed by atoms with Gasteiger partial charge in [-0.25, -0.2) is 17.8 Å². The van der Waals surface area contributed by atoms with Gasteiger partial charge in [0.05, 0.1) is 19.1 Å². The third-order valence-corrected chi connectivity index (χ3v) is 9.14. The Morgan fingerprint density at radius 1 is 1.27 bits per heavy atom. The number of amidine groups is 1. The number of sulfone groups is 1. The van der Waals surface area contributed by atoms with Gasteiger partial charge in [0, 0.05) is 11.3 Å². The number of nitrogens with one attached hydrogen (secondary N) is 1. The number of hydrogen-bond donors (Lipinski definition) is 2. The van der Waals surface area contributed by atoms with E-state index in [1.165, 1.54) is 37.6 Å². The van der Waals surface area contributed by atoms with Crippen molar-refractivity contribution in [1.82, 2.24) is 4.98 Å². The van der Waals surface area contributed by atoms with Gasteiger partial charge < -0.3 is 15.8 Å². The molecule has 2 heterocycles. The molecule has 8 nitrogen and oxygen atoms in total. The number of anilines is 1. The molecule has 0 saturated heterocycles. The molecule has 0 unspecified atom stereocenters. The number of benzene rings is 1. The minimum atomic E-state index is -3.72. The van der Waals surface area contributed by atoms with Gasteiger partial charge in [-0.15, -0.1) is 0 Å². The zero-order valence-electron chi connectivity index (χ0n) is 18.8. The Labute approximate surface area is 192 Å². The maximum atomic E-state index is 14.9. The van der Waals surface area contributed by atoms with Crippen molar-refractivity contribution in [2.45, 2.75) is 43.4 Å². The number of rotatable bonds is 6. The molecule has 1 aliphatic carbocycles. The molecule has 176 valence electrons. The largest absolute Gasteiger partial charge is 0.495 e. The van der Waals surface area contributed by atoms with Crippen LogP contribution in [0.4, 0.5) is 10.1 Å². The summed E-state index contributed by atoms with van der Waals surface area (Å²) in [6.45, 7) is 3.15. The number of aromatic nitrogens is 1. The van der Waals surface area contributed by atoms with Gasteiger partial charge in [0.25, 0.3) is 5.91 Å². The summed E-state index contributed by atoms with van der Waals surface area (Å²) in [6.07, 6.45) is 3.80. The quantitative estimate of drug-likeness (QED) is 0.663. The van der Waals surface area contributed by atoms with Crippen molar-refractivity contribution < 1.29 is 22.3 Å². The molecule has 2 aliphatic rings. The molecular weight excluding hydrogens is 447 g/mol. The smallest absolute Gasteiger partial charge is 0.274 e. The summed E-state index contributed by atoms with van der Waals surface area (Å²) < 4.78 is 45.3. The molecule has 1 saturated carbocycles. The molecule has 1 aromatic heterocycles. The summed E-state index contributed by atoms with van der Waals surface area (Å²) in [7, 11) is -2.22. The van der Waals surface area contributed by atoms with Crippen LogP contribution in [0.2, 0.25) is 0 Å². The Bertz CT molecular complexity index is 1230. The predicted molar refractivity (Wildman–Crippen MR) is 124 cm³/mol. The average molecular weight is 475 g/mol. The van der Waals surface area contributed by atoms with Gasteiger partial charge in [-0.1, -0.05) is 12.8 Å². The van der Waals surface area contributed by atoms with Gasteiger partial charge in [-0.05, 0) is 56.5 Å². The van der Waals surface area contributed by atoms with Crippen molar-refractivity contribution >= 4 is 27.3 Å². The lowest BCUT2D eigenvalue weighted by Crippen LogP contribution is -2.57. The normalized spacial score (nSPS) is 26.4. The standard InChI is InChI=1S/C23H27FN4O4S/c1-22(13-33(30,31)23(2,21(25)28-22)11-14-4-5-14)17-10-15(6-8-18(17)24)27-20(29)19-9-7-16(32-3)12-26-19/h6-10,12,14H,4-5,11,13H2,1-3H3,(H2,25,28)(H,27,29)/t22-,23+/m0/s1. The summed E-state index contributed by atoms with van der Waals surface area (Å²) in [4.78, 5) is 21.1. The maximum Gasteiger partial charge on any atom is 0.274 e. The van der Waals surface area contributed by atoms with Gasteiger partial charge in [0.1, 0.15) is 33.4 Å². The third kappa shape index (κ3) is 4.31. The van der Waals surface area contributed by atoms with Crippen LogP contribution in [0.3, 0.4) is 0 Å². The zero-order valence-corrected chi connectivity index (χ0v) is 19.6. The molecule has 1 fully saturated rings. The van der Waals surface area contributed by atoms with Gasteiger partial charge in [0.2, 0.25) is 0 Å². The molecule has 1 amide bonds. The molecule has 0 bridgehead atoms. The van der Waals surface area contributed by atoms with Crippen molar-refractivity contribution in [3.63, 3.8) is 0 Å². The lowest BCUT2D eigenvalue weighted by atomic mass is 9.92. The average Bonchev–Trinajstić information content (AvgIpc) is 3.57. The number of hydrogen-bond acceptors (Lipinski definition) is 7. The molecular formula is C23H27FN4O4S. The Morgan fingerprint density at radius 2 is 2.00 bits per heavy atom. The number of pyridine rings is 1. The van der Waals surface area contributed by atoms with Crippen LogP contribution in [-0.4, -0.2) is 42.8 Å². The molecule has 33 heavy (non-hydrogen) atoms. The van der Waals surface area contributed by atoms with Gasteiger partial charge >= 0.3 is 0 Å². The highest BCUT2D eigenvalue weighted by atomic mass is 32.2. The van der Waals surface area contributed by atoms with E-state index in [1.807, 2.05) is 0 Å². The number of aliphatic imine (C=N–C) groups is 1. The van der Waals surface area contributed by atoms with Crippen LogP contribution in [0.25, 0.3) is 0 Å². The molecule has 1 aromatic carbocycles. The van der Waals surface area contributed by atoms with Crippen LogP contribution in [-0.2, 0) is 15.4 Å². The second-order valence-corrected chi connectivity index (χ2v) is 11.6. The minimum Gasteiger partial charge on any atom is -0.495 e. The first-order valence-corrected chi connectivity index (χ1v) is 12.3. The van der Waals surface area contributed by atoms with E-state index in [9.17, 15) is 17.6 Å². The molecule has 0 radical (unpaired) electrons. The van der Waals surface area contributed by atoms with Gasteiger partial charge in [-0.2, -0.15) is 0 Å². The minimum absolute atomic E-state index is 0.000536. The molecule has 10 heteroatoms. The number of halogens is 1. The number of nitrogens with zero attached hydrogens (tertiary/aromatic N) is 2. The Morgan fingerprint density at radius 3 is 2.58 bits per heavy atom. The van der Waals surface area contributed by atoms with E-state index < -0.39 is 31.8 Å². The fourth-order valence-electron chi connectivity index (χ4n) is 4.19. The van der Waals surface area contributed by atoms with E-state index in [-0.39, 0.29) is 28.5 Å². The van der Waals surface area contributed by atoms with E-state index in [2.05, 4.69) is 15.3 Å². The third-order valence-electron chi connectivity index (χ3n) is 6.45. The topological polar surface area (TPSA) is 124 Å². The van der Waals surface area contributed by atoms with Gasteiger partial charge in [-0.3, -0.25) is 9.79 Å². The molecule has 4 rings (SSSR count). The highest BCUT2D eigenvalue weighted by molar-refractivity contribution is 7.93. The molecule has 0 spiro atoms. The van der Waals surface area contributed by atoms with E-state index in [1.54, 1.807) is 19.9 Å². The van der Waals surface area contributed by atoms with Crippen LogP contribution >= 0.6 is 0 Å². The second kappa shape index (κ2) is 8.09. The van der Waals surface area contributed by atoms with Crippen LogP contribution in [0.15, 0.2) is 41.5 Å². The Hall–Kier alpha value is -3.01. The van der Waals surface area contributed by atoms with Crippen molar-refractivity contribution in [1.29, 1.82) is 0 Å². The first kappa shape index (κ1) is 23.2. The van der Waals surface area contributed by atoms with Gasteiger partial charge in [0.15, 0.2) is 9.84 Å². The molecule has 2 aromatic rings. The highest BCUT2D eigenvalue weighted by Gasteiger charge is 2.53. The highest BCUT2D eigenvalue weighted by Crippen LogP contribution is 2.45. The van der Waals surface area contributed by atoms with E-state index in [0.717, 1.165) is 12.8 Å². The predicted octanol–water partition coefficient (Wildman–Crippen LogP) is 3.04. The number of methoxy groups -OCH3 is 1. The summed E-state index contributed by atoms with van der Waals surface area (Å²) >= 11 is 0. The van der Waals surface area contributed by atoms with Crippen molar-refractivity contribution in [2.24, 2.45) is 16.6 Å². The zero-order chi connectivity index (χ0) is 24.0. The first-order chi connectivity index (χ1) is 15.5. The molecule has 2 atom stereocenters. The first-order valence-electron chi connectivity index (χ1n) is 10.7. The summed E-state index contributed by atoms with van der Waals surface area (Å²) in [5.41, 5.74) is 5.26. The Balaban J connectivity index is 1.65. The fraction of sp³-hybridized carbons (Fsp3) is 0.435. The molecule has 3 N–H and O–H groups in total. The number of nitrogens with two attached hydrogens (primary N) is 1.